The Kier molecular flexibility index (Phi) is 4.24. The van der Waals surface area contributed by atoms with Crippen LogP contribution in [0.3, 0.4) is 0 Å². The highest BCUT2D eigenvalue weighted by Gasteiger charge is 2.26. The number of anilines is 1. The number of hydrogen-bond acceptors (Lipinski definition) is 3. The number of rotatable bonds is 3. The second kappa shape index (κ2) is 6.72. The van der Waals surface area contributed by atoms with E-state index in [0.717, 1.165) is 5.56 Å². The summed E-state index contributed by atoms with van der Waals surface area (Å²) in [6.07, 6.45) is -0.580. The molecule has 1 unspecified atom stereocenters. The van der Waals surface area contributed by atoms with E-state index in [1.54, 1.807) is 18.2 Å². The number of hydrogen-bond donors (Lipinski definition) is 2. The largest absolute Gasteiger partial charge is 0.451 e. The van der Waals surface area contributed by atoms with Gasteiger partial charge in [0.25, 0.3) is 5.91 Å². The average molecular weight is 366 g/mol. The van der Waals surface area contributed by atoms with Gasteiger partial charge in [0.1, 0.15) is 6.17 Å². The summed E-state index contributed by atoms with van der Waals surface area (Å²) in [7, 11) is 0. The van der Waals surface area contributed by atoms with E-state index < -0.39 is 17.8 Å². The fourth-order valence-corrected chi connectivity index (χ4v) is 3.08. The minimum absolute atomic E-state index is 0.0577. The maximum Gasteiger partial charge on any atom is 0.255 e. The van der Waals surface area contributed by atoms with Crippen LogP contribution in [0, 0.1) is 18.6 Å². The van der Waals surface area contributed by atoms with E-state index in [4.69, 9.17) is 4.74 Å². The summed E-state index contributed by atoms with van der Waals surface area (Å²) in [5, 5.41) is 6.01. The number of nitrogens with one attached hydrogen (secondary N) is 2. The molecule has 4 nitrogen and oxygen atoms in total. The number of halogens is 2. The fraction of sp³-hybridized carbons (Fsp3) is 0.0952. The molecule has 0 radical (unpaired) electrons. The van der Waals surface area contributed by atoms with Crippen molar-refractivity contribution in [2.75, 3.05) is 5.32 Å². The van der Waals surface area contributed by atoms with Crippen molar-refractivity contribution in [2.45, 2.75) is 13.1 Å². The van der Waals surface area contributed by atoms with Crippen molar-refractivity contribution < 1.29 is 18.3 Å². The minimum Gasteiger partial charge on any atom is -0.451 e. The molecule has 27 heavy (non-hydrogen) atoms. The molecule has 0 bridgehead atoms. The average Bonchev–Trinajstić information content (AvgIpc) is 2.65. The number of carbonyl (C=O) groups is 1. The van der Waals surface area contributed by atoms with Crippen molar-refractivity contribution in [3.8, 4) is 11.5 Å². The maximum absolute atomic E-state index is 14.5. The number of benzene rings is 3. The van der Waals surface area contributed by atoms with E-state index in [1.165, 1.54) is 30.3 Å². The van der Waals surface area contributed by atoms with Gasteiger partial charge >= 0.3 is 0 Å². The number of carbonyl (C=O) groups excluding carboxylic acids is 1. The van der Waals surface area contributed by atoms with Crippen LogP contribution in [-0.2, 0) is 0 Å². The lowest BCUT2D eigenvalue weighted by atomic mass is 10.0. The third kappa shape index (κ3) is 3.21. The lowest BCUT2D eigenvalue weighted by molar-refractivity contribution is 0.0935. The molecule has 1 amide bonds. The monoisotopic (exact) mass is 366 g/mol. The molecule has 0 aliphatic carbocycles. The number of para-hydroxylation sites is 1. The molecule has 3 aromatic rings. The predicted octanol–water partition coefficient (Wildman–Crippen LogP) is 4.92. The number of ether oxygens (including phenoxy) is 1. The van der Waals surface area contributed by atoms with E-state index in [-0.39, 0.29) is 17.4 Å². The van der Waals surface area contributed by atoms with Gasteiger partial charge in [0.15, 0.2) is 23.1 Å². The lowest BCUT2D eigenvalue weighted by Crippen LogP contribution is -2.39. The third-order valence-corrected chi connectivity index (χ3v) is 4.42. The number of aryl methyl sites for hydroxylation is 1. The normalized spacial score (nSPS) is 15.5. The quantitative estimate of drug-likeness (QED) is 0.692. The van der Waals surface area contributed by atoms with Crippen LogP contribution < -0.4 is 15.4 Å². The Bertz CT molecular complexity index is 1040. The molecular weight excluding hydrogens is 350 g/mol. The Morgan fingerprint density at radius 3 is 2.44 bits per heavy atom. The van der Waals surface area contributed by atoms with Crippen molar-refractivity contribution in [3.05, 3.63) is 89.0 Å². The maximum atomic E-state index is 14.5. The molecule has 4 rings (SSSR count). The first-order valence-electron chi connectivity index (χ1n) is 8.42. The topological polar surface area (TPSA) is 50.4 Å². The van der Waals surface area contributed by atoms with Gasteiger partial charge in [0, 0.05) is 5.69 Å². The van der Waals surface area contributed by atoms with Crippen LogP contribution in [0.4, 0.5) is 14.5 Å². The molecular formula is C21H16F2N2O2. The van der Waals surface area contributed by atoms with Gasteiger partial charge in [-0.05, 0) is 48.4 Å². The zero-order chi connectivity index (χ0) is 19.0. The minimum atomic E-state index is -0.651. The summed E-state index contributed by atoms with van der Waals surface area (Å²) in [5.41, 5.74) is 2.65. The van der Waals surface area contributed by atoms with Crippen molar-refractivity contribution >= 4 is 11.6 Å². The SMILES string of the molecule is Cc1cccc2c1C(=O)NC(c1ccc(Oc3ccccc3F)c(F)c1)N2. The summed E-state index contributed by atoms with van der Waals surface area (Å²) in [5.74, 6) is -1.60. The van der Waals surface area contributed by atoms with Gasteiger partial charge in [0.05, 0.1) is 5.56 Å². The van der Waals surface area contributed by atoms with Crippen LogP contribution in [0.15, 0.2) is 60.7 Å². The molecule has 1 aliphatic heterocycles. The van der Waals surface area contributed by atoms with Gasteiger partial charge in [0.2, 0.25) is 0 Å². The Labute approximate surface area is 154 Å². The molecule has 0 fully saturated rings. The lowest BCUT2D eigenvalue weighted by Gasteiger charge is -2.29. The first kappa shape index (κ1) is 17.0. The van der Waals surface area contributed by atoms with Crippen LogP contribution >= 0.6 is 0 Å². The molecule has 3 aromatic carbocycles. The molecule has 0 aromatic heterocycles. The molecule has 0 saturated carbocycles. The molecule has 1 atom stereocenters. The highest BCUT2D eigenvalue weighted by atomic mass is 19.1. The molecule has 1 heterocycles. The number of amides is 1. The molecule has 2 N–H and O–H groups in total. The standard InChI is InChI=1S/C21H16F2N2O2/c1-12-5-4-7-16-19(12)21(26)25-20(24-16)13-9-10-18(15(23)11-13)27-17-8-3-2-6-14(17)22/h2-11,20,24H,1H3,(H,25,26). The van der Waals surface area contributed by atoms with E-state index in [0.29, 0.717) is 16.8 Å². The van der Waals surface area contributed by atoms with Crippen LogP contribution in [0.2, 0.25) is 0 Å². The Balaban J connectivity index is 1.60. The van der Waals surface area contributed by atoms with Gasteiger partial charge in [-0.25, -0.2) is 8.78 Å². The second-order valence-electron chi connectivity index (χ2n) is 6.27. The Morgan fingerprint density at radius 2 is 1.67 bits per heavy atom. The Hall–Kier alpha value is -3.41. The summed E-state index contributed by atoms with van der Waals surface area (Å²) in [6, 6.07) is 15.6. The van der Waals surface area contributed by atoms with Gasteiger partial charge in [-0.3, -0.25) is 4.79 Å². The third-order valence-electron chi connectivity index (χ3n) is 4.42. The first-order chi connectivity index (χ1) is 13.0. The van der Waals surface area contributed by atoms with E-state index in [1.807, 2.05) is 19.1 Å². The van der Waals surface area contributed by atoms with Gasteiger partial charge < -0.3 is 15.4 Å². The van der Waals surface area contributed by atoms with Crippen LogP contribution in [0.5, 0.6) is 11.5 Å². The number of fused-ring (bicyclic) bond motifs is 1. The van der Waals surface area contributed by atoms with Gasteiger partial charge in [-0.2, -0.15) is 0 Å². The molecule has 1 aliphatic rings. The first-order valence-corrected chi connectivity index (χ1v) is 8.42. The highest BCUT2D eigenvalue weighted by molar-refractivity contribution is 6.03. The van der Waals surface area contributed by atoms with Crippen LogP contribution in [-0.4, -0.2) is 5.91 Å². The second-order valence-corrected chi connectivity index (χ2v) is 6.27. The van der Waals surface area contributed by atoms with E-state index >= 15 is 0 Å². The van der Waals surface area contributed by atoms with E-state index in [2.05, 4.69) is 10.6 Å². The Morgan fingerprint density at radius 1 is 0.889 bits per heavy atom. The molecule has 0 spiro atoms. The predicted molar refractivity (Wildman–Crippen MR) is 97.9 cm³/mol. The molecule has 6 heteroatoms. The zero-order valence-electron chi connectivity index (χ0n) is 14.4. The molecule has 0 saturated heterocycles. The fourth-order valence-electron chi connectivity index (χ4n) is 3.08. The summed E-state index contributed by atoms with van der Waals surface area (Å²) < 4.78 is 33.5. The van der Waals surface area contributed by atoms with Crippen molar-refractivity contribution in [2.24, 2.45) is 0 Å². The summed E-state index contributed by atoms with van der Waals surface area (Å²) in [6.45, 7) is 1.86. The summed E-state index contributed by atoms with van der Waals surface area (Å²) >= 11 is 0. The summed E-state index contributed by atoms with van der Waals surface area (Å²) in [4.78, 5) is 12.4. The van der Waals surface area contributed by atoms with Crippen molar-refractivity contribution in [1.29, 1.82) is 0 Å². The van der Waals surface area contributed by atoms with Crippen molar-refractivity contribution in [3.63, 3.8) is 0 Å². The smallest absolute Gasteiger partial charge is 0.255 e. The zero-order valence-corrected chi connectivity index (χ0v) is 14.4. The van der Waals surface area contributed by atoms with Gasteiger partial charge in [-0.15, -0.1) is 0 Å². The molecule has 136 valence electrons. The van der Waals surface area contributed by atoms with Gasteiger partial charge in [-0.1, -0.05) is 30.3 Å². The van der Waals surface area contributed by atoms with Crippen LogP contribution in [0.1, 0.15) is 27.7 Å². The van der Waals surface area contributed by atoms with Crippen LogP contribution in [0.25, 0.3) is 0 Å². The van der Waals surface area contributed by atoms with Crippen molar-refractivity contribution in [1.82, 2.24) is 5.32 Å². The highest BCUT2D eigenvalue weighted by Crippen LogP contribution is 2.32. The van der Waals surface area contributed by atoms with E-state index in [9.17, 15) is 13.6 Å².